The average Bonchev–Trinajstić information content (AvgIpc) is 2.39. The van der Waals surface area contributed by atoms with Crippen LogP contribution in [-0.4, -0.2) is 9.97 Å². The van der Waals surface area contributed by atoms with E-state index in [1.807, 2.05) is 12.1 Å². The third-order valence-electron chi connectivity index (χ3n) is 2.77. The second-order valence-electron chi connectivity index (χ2n) is 5.38. The van der Waals surface area contributed by atoms with Crippen molar-refractivity contribution in [3.8, 4) is 11.8 Å². The Morgan fingerprint density at radius 2 is 1.63 bits per heavy atom. The lowest BCUT2D eigenvalue weighted by molar-refractivity contribution is 0.440. The van der Waals surface area contributed by atoms with Crippen LogP contribution in [0.2, 0.25) is 0 Å². The van der Waals surface area contributed by atoms with Gasteiger partial charge in [0.05, 0.1) is 5.88 Å². The number of alkyl halides is 1. The summed E-state index contributed by atoms with van der Waals surface area (Å²) in [6.45, 7) is 6.53. The van der Waals surface area contributed by atoms with Gasteiger partial charge in [0, 0.05) is 18.0 Å². The Hall–Kier alpha value is -1.61. The summed E-state index contributed by atoms with van der Waals surface area (Å²) in [5.74, 6) is 1.13. The number of nitrogens with zero attached hydrogens (tertiary/aromatic N) is 2. The van der Waals surface area contributed by atoms with Crippen LogP contribution in [0.1, 0.15) is 31.9 Å². The maximum absolute atomic E-state index is 5.68. The third kappa shape index (κ3) is 3.67. The summed E-state index contributed by atoms with van der Waals surface area (Å²) in [6.07, 6.45) is 3.33. The molecule has 0 N–H and O–H groups in total. The number of hydrogen-bond acceptors (Lipinski definition) is 3. The highest BCUT2D eigenvalue weighted by molar-refractivity contribution is 6.17. The largest absolute Gasteiger partial charge is 0.424 e. The van der Waals surface area contributed by atoms with Crippen molar-refractivity contribution in [3.63, 3.8) is 0 Å². The van der Waals surface area contributed by atoms with E-state index < -0.39 is 0 Å². The van der Waals surface area contributed by atoms with Crippen LogP contribution in [0.3, 0.4) is 0 Å². The molecule has 2 rings (SSSR count). The van der Waals surface area contributed by atoms with E-state index in [4.69, 9.17) is 16.3 Å². The lowest BCUT2D eigenvalue weighted by atomic mass is 9.87. The number of hydrogen-bond donors (Lipinski definition) is 0. The summed E-state index contributed by atoms with van der Waals surface area (Å²) < 4.78 is 5.58. The first-order valence-electron chi connectivity index (χ1n) is 6.14. The van der Waals surface area contributed by atoms with E-state index in [0.717, 1.165) is 11.3 Å². The Bertz CT molecular complexity index is 530. The highest BCUT2D eigenvalue weighted by Crippen LogP contribution is 2.25. The van der Waals surface area contributed by atoms with Gasteiger partial charge in [0.25, 0.3) is 0 Å². The molecule has 0 atom stereocenters. The minimum Gasteiger partial charge on any atom is -0.424 e. The van der Waals surface area contributed by atoms with Crippen LogP contribution in [0.5, 0.6) is 11.8 Å². The normalized spacial score (nSPS) is 11.4. The first kappa shape index (κ1) is 13.8. The summed E-state index contributed by atoms with van der Waals surface area (Å²) in [5, 5.41) is 0. The Morgan fingerprint density at radius 1 is 1.05 bits per heavy atom. The maximum atomic E-state index is 5.68. The molecule has 0 radical (unpaired) electrons. The fourth-order valence-electron chi connectivity index (χ4n) is 1.59. The SMILES string of the molecule is CC(C)(C)c1ccc(Oc2ncc(CCl)cn2)cc1. The molecule has 4 heteroatoms. The maximum Gasteiger partial charge on any atom is 0.321 e. The number of aromatic nitrogens is 2. The van der Waals surface area contributed by atoms with Crippen LogP contribution in [0.4, 0.5) is 0 Å². The molecular formula is C15H17ClN2O. The zero-order valence-corrected chi connectivity index (χ0v) is 12.1. The highest BCUT2D eigenvalue weighted by atomic mass is 35.5. The van der Waals surface area contributed by atoms with E-state index in [2.05, 4.69) is 42.9 Å². The van der Waals surface area contributed by atoms with E-state index in [1.165, 1.54) is 5.56 Å². The van der Waals surface area contributed by atoms with Gasteiger partial charge in [-0.1, -0.05) is 32.9 Å². The van der Waals surface area contributed by atoms with E-state index in [1.54, 1.807) is 12.4 Å². The number of benzene rings is 1. The molecule has 0 unspecified atom stereocenters. The van der Waals surface area contributed by atoms with Crippen molar-refractivity contribution in [2.45, 2.75) is 32.1 Å². The molecule has 0 saturated heterocycles. The molecule has 0 amide bonds. The van der Waals surface area contributed by atoms with Crippen LogP contribution in [0.15, 0.2) is 36.7 Å². The molecule has 19 heavy (non-hydrogen) atoms. The average molecular weight is 277 g/mol. The van der Waals surface area contributed by atoms with Gasteiger partial charge >= 0.3 is 6.01 Å². The Morgan fingerprint density at radius 3 is 2.11 bits per heavy atom. The molecular weight excluding hydrogens is 260 g/mol. The number of ether oxygens (including phenoxy) is 1. The quantitative estimate of drug-likeness (QED) is 0.784. The van der Waals surface area contributed by atoms with E-state index in [0.29, 0.717) is 11.9 Å². The number of halogens is 1. The van der Waals surface area contributed by atoms with Gasteiger partial charge in [-0.2, -0.15) is 0 Å². The molecule has 3 nitrogen and oxygen atoms in total. The zero-order valence-electron chi connectivity index (χ0n) is 11.4. The first-order chi connectivity index (χ1) is 8.99. The second kappa shape index (κ2) is 5.57. The molecule has 1 aromatic carbocycles. The Labute approximate surface area is 118 Å². The molecule has 0 aliphatic carbocycles. The monoisotopic (exact) mass is 276 g/mol. The highest BCUT2D eigenvalue weighted by Gasteiger charge is 2.13. The minimum absolute atomic E-state index is 0.136. The zero-order chi connectivity index (χ0) is 13.9. The molecule has 0 aliphatic rings. The van der Waals surface area contributed by atoms with Gasteiger partial charge in [-0.25, -0.2) is 9.97 Å². The van der Waals surface area contributed by atoms with Crippen molar-refractivity contribution >= 4 is 11.6 Å². The predicted octanol–water partition coefficient (Wildman–Crippen LogP) is 4.31. The predicted molar refractivity (Wildman–Crippen MR) is 76.8 cm³/mol. The molecule has 0 fully saturated rings. The summed E-state index contributed by atoms with van der Waals surface area (Å²) >= 11 is 5.68. The second-order valence-corrected chi connectivity index (χ2v) is 5.65. The van der Waals surface area contributed by atoms with Gasteiger partial charge in [0.2, 0.25) is 0 Å². The van der Waals surface area contributed by atoms with Crippen LogP contribution in [0.25, 0.3) is 0 Å². The molecule has 2 aromatic rings. The van der Waals surface area contributed by atoms with Crippen molar-refractivity contribution in [1.29, 1.82) is 0 Å². The van der Waals surface area contributed by atoms with Crippen LogP contribution >= 0.6 is 11.6 Å². The van der Waals surface area contributed by atoms with Gasteiger partial charge < -0.3 is 4.74 Å². The van der Waals surface area contributed by atoms with Crippen molar-refractivity contribution in [3.05, 3.63) is 47.8 Å². The van der Waals surface area contributed by atoms with E-state index in [9.17, 15) is 0 Å². The van der Waals surface area contributed by atoms with Gasteiger partial charge in [0.1, 0.15) is 5.75 Å². The van der Waals surface area contributed by atoms with Crippen molar-refractivity contribution < 1.29 is 4.74 Å². The van der Waals surface area contributed by atoms with Crippen LogP contribution < -0.4 is 4.74 Å². The van der Waals surface area contributed by atoms with Crippen molar-refractivity contribution in [2.75, 3.05) is 0 Å². The topological polar surface area (TPSA) is 35.0 Å². The van der Waals surface area contributed by atoms with Gasteiger partial charge in [-0.15, -0.1) is 11.6 Å². The van der Waals surface area contributed by atoms with Crippen LogP contribution in [-0.2, 0) is 11.3 Å². The molecule has 0 bridgehead atoms. The first-order valence-corrected chi connectivity index (χ1v) is 6.68. The van der Waals surface area contributed by atoms with Crippen molar-refractivity contribution in [1.82, 2.24) is 9.97 Å². The standard InChI is InChI=1S/C15H17ClN2O/c1-15(2,3)12-4-6-13(7-5-12)19-14-17-9-11(8-16)10-18-14/h4-7,9-10H,8H2,1-3H3. The molecule has 0 aliphatic heterocycles. The van der Waals surface area contributed by atoms with E-state index >= 15 is 0 Å². The van der Waals surface area contributed by atoms with Crippen LogP contribution in [0, 0.1) is 0 Å². The summed E-state index contributed by atoms with van der Waals surface area (Å²) in [7, 11) is 0. The summed E-state index contributed by atoms with van der Waals surface area (Å²) in [5.41, 5.74) is 2.27. The van der Waals surface area contributed by atoms with Gasteiger partial charge in [0.15, 0.2) is 0 Å². The third-order valence-corrected chi connectivity index (χ3v) is 3.07. The molecule has 1 aromatic heterocycles. The Balaban J connectivity index is 2.10. The lowest BCUT2D eigenvalue weighted by Crippen LogP contribution is -2.10. The van der Waals surface area contributed by atoms with Gasteiger partial charge in [-0.3, -0.25) is 0 Å². The minimum atomic E-state index is 0.136. The lowest BCUT2D eigenvalue weighted by Gasteiger charge is -2.18. The number of rotatable bonds is 3. The van der Waals surface area contributed by atoms with E-state index in [-0.39, 0.29) is 5.41 Å². The fraction of sp³-hybridized carbons (Fsp3) is 0.333. The molecule has 0 saturated carbocycles. The molecule has 100 valence electrons. The smallest absolute Gasteiger partial charge is 0.321 e. The molecule has 1 heterocycles. The summed E-state index contributed by atoms with van der Waals surface area (Å²) in [4.78, 5) is 8.20. The van der Waals surface area contributed by atoms with Crippen molar-refractivity contribution in [2.24, 2.45) is 0 Å². The summed E-state index contributed by atoms with van der Waals surface area (Å²) in [6, 6.07) is 8.31. The van der Waals surface area contributed by atoms with Gasteiger partial charge in [-0.05, 0) is 23.1 Å². The fourth-order valence-corrected chi connectivity index (χ4v) is 1.73. The molecule has 0 spiro atoms. The Kier molecular flexibility index (Phi) is 4.05.